The fourth-order valence-corrected chi connectivity index (χ4v) is 4.73. The zero-order valence-electron chi connectivity index (χ0n) is 14.6. The minimum Gasteiger partial charge on any atom is -0.507 e. The number of phenols is 1. The Bertz CT molecular complexity index is 792. The van der Waals surface area contributed by atoms with Crippen molar-refractivity contribution in [2.75, 3.05) is 24.7 Å². The molecule has 1 aliphatic heterocycles. The Kier molecular flexibility index (Phi) is 6.52. The van der Waals surface area contributed by atoms with Crippen LogP contribution in [-0.2, 0) is 19.4 Å². The molecule has 1 N–H and O–H groups in total. The highest BCUT2D eigenvalue weighted by Crippen LogP contribution is 2.23. The van der Waals surface area contributed by atoms with Crippen LogP contribution in [0.15, 0.2) is 18.2 Å². The van der Waals surface area contributed by atoms with Crippen LogP contribution in [0.25, 0.3) is 0 Å². The summed E-state index contributed by atoms with van der Waals surface area (Å²) in [5.74, 6) is -1.53. The monoisotopic (exact) mass is 403 g/mol. The Morgan fingerprint density at radius 2 is 2.08 bits per heavy atom. The van der Waals surface area contributed by atoms with Gasteiger partial charge in [-0.05, 0) is 30.5 Å². The number of phenolic OH excluding ortho intramolecular Hbond substituents is 1. The predicted octanol–water partition coefficient (Wildman–Crippen LogP) is 1.87. The molecule has 1 fully saturated rings. The molecule has 26 heavy (non-hydrogen) atoms. The molecular formula is C17H22ClNO6S. The molecule has 144 valence electrons. The number of esters is 1. The molecule has 0 bridgehead atoms. The van der Waals surface area contributed by atoms with Crippen molar-refractivity contribution in [2.45, 2.75) is 26.3 Å². The number of ether oxygens (including phenoxy) is 1. The van der Waals surface area contributed by atoms with Crippen molar-refractivity contribution in [3.63, 3.8) is 0 Å². The normalized spacial score (nSPS) is 18.7. The van der Waals surface area contributed by atoms with E-state index in [2.05, 4.69) is 0 Å². The highest BCUT2D eigenvalue weighted by atomic mass is 35.5. The number of halogens is 1. The van der Waals surface area contributed by atoms with E-state index in [1.807, 2.05) is 13.8 Å². The summed E-state index contributed by atoms with van der Waals surface area (Å²) in [7, 11) is -3.14. The van der Waals surface area contributed by atoms with Crippen molar-refractivity contribution >= 4 is 33.3 Å². The summed E-state index contributed by atoms with van der Waals surface area (Å²) in [6, 6.07) is 3.53. The Morgan fingerprint density at radius 3 is 2.62 bits per heavy atom. The van der Waals surface area contributed by atoms with Gasteiger partial charge in [0.25, 0.3) is 5.91 Å². The summed E-state index contributed by atoms with van der Waals surface area (Å²) in [6.07, 6.45) is 0.382. The molecule has 1 aromatic rings. The summed E-state index contributed by atoms with van der Waals surface area (Å²) in [5.41, 5.74) is -0.0962. The van der Waals surface area contributed by atoms with Crippen LogP contribution in [0.1, 0.15) is 30.6 Å². The van der Waals surface area contributed by atoms with Gasteiger partial charge in [0.15, 0.2) is 16.4 Å². The van der Waals surface area contributed by atoms with Gasteiger partial charge in [0, 0.05) is 17.6 Å². The topological polar surface area (TPSA) is 101 Å². The van der Waals surface area contributed by atoms with Crippen molar-refractivity contribution in [2.24, 2.45) is 5.92 Å². The lowest BCUT2D eigenvalue weighted by Gasteiger charge is -2.29. The van der Waals surface area contributed by atoms with Crippen LogP contribution in [0.5, 0.6) is 5.75 Å². The van der Waals surface area contributed by atoms with Gasteiger partial charge in [0.05, 0.1) is 11.5 Å². The fraction of sp³-hybridized carbons (Fsp3) is 0.529. The minimum atomic E-state index is -3.14. The number of rotatable bonds is 6. The molecule has 1 amide bonds. The third-order valence-corrected chi connectivity index (χ3v) is 6.02. The Labute approximate surface area is 157 Å². The molecule has 0 aliphatic carbocycles. The van der Waals surface area contributed by atoms with Gasteiger partial charge in [-0.1, -0.05) is 25.4 Å². The fourth-order valence-electron chi connectivity index (χ4n) is 2.83. The van der Waals surface area contributed by atoms with Gasteiger partial charge in [0.2, 0.25) is 0 Å². The smallest absolute Gasteiger partial charge is 0.342 e. The van der Waals surface area contributed by atoms with E-state index >= 15 is 0 Å². The van der Waals surface area contributed by atoms with Crippen molar-refractivity contribution in [3.8, 4) is 5.75 Å². The van der Waals surface area contributed by atoms with E-state index in [4.69, 9.17) is 16.3 Å². The number of hydrogen-bond acceptors (Lipinski definition) is 6. The van der Waals surface area contributed by atoms with Gasteiger partial charge in [0.1, 0.15) is 11.3 Å². The lowest BCUT2D eigenvalue weighted by atomic mass is 10.1. The molecule has 1 saturated heterocycles. The van der Waals surface area contributed by atoms with E-state index in [1.165, 1.54) is 23.1 Å². The number of carbonyl (C=O) groups is 2. The number of sulfone groups is 1. The number of amides is 1. The van der Waals surface area contributed by atoms with Crippen LogP contribution in [0.4, 0.5) is 0 Å². The molecule has 7 nitrogen and oxygen atoms in total. The first kappa shape index (κ1) is 20.5. The summed E-state index contributed by atoms with van der Waals surface area (Å²) < 4.78 is 28.4. The zero-order chi connectivity index (χ0) is 19.5. The van der Waals surface area contributed by atoms with E-state index in [9.17, 15) is 23.1 Å². The van der Waals surface area contributed by atoms with Gasteiger partial charge < -0.3 is 14.7 Å². The highest BCUT2D eigenvalue weighted by Gasteiger charge is 2.35. The SMILES string of the molecule is CC(C)CN(C(=O)COC(=O)c1ccc(Cl)cc1O)[C@H]1CCS(=O)(=O)C1. The predicted molar refractivity (Wildman–Crippen MR) is 97.0 cm³/mol. The Hall–Kier alpha value is -1.80. The molecule has 1 heterocycles. The first-order valence-electron chi connectivity index (χ1n) is 8.24. The molecule has 1 aromatic carbocycles. The number of aromatic hydroxyl groups is 1. The average Bonchev–Trinajstić information content (AvgIpc) is 2.89. The van der Waals surface area contributed by atoms with Crippen LogP contribution in [0, 0.1) is 5.92 Å². The van der Waals surface area contributed by atoms with Crippen LogP contribution in [0.2, 0.25) is 5.02 Å². The molecule has 1 atom stereocenters. The maximum absolute atomic E-state index is 12.5. The molecule has 0 spiro atoms. The van der Waals surface area contributed by atoms with E-state index < -0.39 is 34.4 Å². The van der Waals surface area contributed by atoms with Gasteiger partial charge >= 0.3 is 5.97 Å². The second kappa shape index (κ2) is 8.26. The summed E-state index contributed by atoms with van der Waals surface area (Å²) in [4.78, 5) is 26.1. The third-order valence-electron chi connectivity index (χ3n) is 4.04. The first-order valence-corrected chi connectivity index (χ1v) is 10.4. The molecular weight excluding hydrogens is 382 g/mol. The molecule has 0 aromatic heterocycles. The van der Waals surface area contributed by atoms with E-state index in [-0.39, 0.29) is 33.8 Å². The standard InChI is InChI=1S/C17H22ClNO6S/c1-11(2)8-19(13-5-6-26(23,24)10-13)16(21)9-25-17(22)14-4-3-12(18)7-15(14)20/h3-4,7,11,13,20H,5-6,8-10H2,1-2H3/t13-/m0/s1. The highest BCUT2D eigenvalue weighted by molar-refractivity contribution is 7.91. The van der Waals surface area contributed by atoms with Crippen molar-refractivity contribution in [1.82, 2.24) is 4.90 Å². The molecule has 0 saturated carbocycles. The van der Waals surface area contributed by atoms with Gasteiger partial charge in [-0.25, -0.2) is 13.2 Å². The van der Waals surface area contributed by atoms with E-state index in [0.29, 0.717) is 13.0 Å². The summed E-state index contributed by atoms with van der Waals surface area (Å²) in [5, 5.41) is 10.0. The second-order valence-electron chi connectivity index (χ2n) is 6.73. The number of hydrogen-bond donors (Lipinski definition) is 1. The maximum atomic E-state index is 12.5. The first-order chi connectivity index (χ1) is 12.1. The van der Waals surface area contributed by atoms with E-state index in [1.54, 1.807) is 0 Å². The van der Waals surface area contributed by atoms with Crippen LogP contribution < -0.4 is 0 Å². The van der Waals surface area contributed by atoms with Crippen molar-refractivity contribution in [1.29, 1.82) is 0 Å². The average molecular weight is 404 g/mol. The van der Waals surface area contributed by atoms with Gasteiger partial charge in [-0.2, -0.15) is 0 Å². The zero-order valence-corrected chi connectivity index (χ0v) is 16.2. The van der Waals surface area contributed by atoms with Crippen molar-refractivity contribution in [3.05, 3.63) is 28.8 Å². The lowest BCUT2D eigenvalue weighted by molar-refractivity contribution is -0.137. The lowest BCUT2D eigenvalue weighted by Crippen LogP contribution is -2.45. The molecule has 9 heteroatoms. The van der Waals surface area contributed by atoms with Crippen LogP contribution >= 0.6 is 11.6 Å². The Morgan fingerprint density at radius 1 is 1.38 bits per heavy atom. The molecule has 2 rings (SSSR count). The maximum Gasteiger partial charge on any atom is 0.342 e. The second-order valence-corrected chi connectivity index (χ2v) is 9.40. The van der Waals surface area contributed by atoms with Gasteiger partial charge in [-0.15, -0.1) is 0 Å². The van der Waals surface area contributed by atoms with Crippen LogP contribution in [0.3, 0.4) is 0 Å². The van der Waals surface area contributed by atoms with Crippen molar-refractivity contribution < 1.29 is 27.9 Å². The number of carbonyl (C=O) groups excluding carboxylic acids is 2. The summed E-state index contributed by atoms with van der Waals surface area (Å²) >= 11 is 5.71. The van der Waals surface area contributed by atoms with Gasteiger partial charge in [-0.3, -0.25) is 4.79 Å². The third kappa shape index (κ3) is 5.35. The quantitative estimate of drug-likeness (QED) is 0.727. The number of benzene rings is 1. The Balaban J connectivity index is 2.03. The molecule has 0 radical (unpaired) electrons. The summed E-state index contributed by atoms with van der Waals surface area (Å²) in [6.45, 7) is 3.69. The molecule has 0 unspecified atom stereocenters. The molecule has 1 aliphatic rings. The van der Waals surface area contributed by atoms with E-state index in [0.717, 1.165) is 0 Å². The number of nitrogens with zero attached hydrogens (tertiary/aromatic N) is 1. The minimum absolute atomic E-state index is 0.0535. The largest absolute Gasteiger partial charge is 0.507 e. The van der Waals surface area contributed by atoms with Crippen LogP contribution in [-0.4, -0.2) is 61.0 Å².